The summed E-state index contributed by atoms with van der Waals surface area (Å²) in [5.41, 5.74) is 0. The summed E-state index contributed by atoms with van der Waals surface area (Å²) in [6.45, 7) is 0.185. The molecule has 1 rings (SSSR count). The molecule has 0 aliphatic rings. The Morgan fingerprint density at radius 3 is 3.00 bits per heavy atom. The number of nitrogens with one attached hydrogen (secondary N) is 1. The molecule has 0 unspecified atom stereocenters. The number of aromatic nitrogens is 2. The van der Waals surface area contributed by atoms with E-state index in [9.17, 15) is 0 Å². The zero-order chi connectivity index (χ0) is 9.68. The summed E-state index contributed by atoms with van der Waals surface area (Å²) in [5.74, 6) is 1.08. The zero-order valence-corrected chi connectivity index (χ0v) is 8.71. The van der Waals surface area contributed by atoms with Gasteiger partial charge >= 0.3 is 0 Å². The number of nitrogens with zero attached hydrogens (tertiary/aromatic N) is 2. The van der Waals surface area contributed by atoms with Crippen LogP contribution in [-0.4, -0.2) is 35.3 Å². The van der Waals surface area contributed by atoms with E-state index in [2.05, 4.69) is 31.2 Å². The van der Waals surface area contributed by atoms with Gasteiger partial charge in [-0.25, -0.2) is 9.97 Å². The molecule has 1 aromatic rings. The second-order valence-corrected chi connectivity index (χ2v) is 2.96. The van der Waals surface area contributed by atoms with E-state index < -0.39 is 0 Å². The Hall–Kier alpha value is -0.880. The Labute approximate surface area is 84.3 Å². The minimum Gasteiger partial charge on any atom is -0.474 e. The molecule has 0 saturated carbocycles. The second-order valence-electron chi connectivity index (χ2n) is 2.16. The molecule has 0 aromatic carbocycles. The highest BCUT2D eigenvalue weighted by atomic mass is 79.9. The summed E-state index contributed by atoms with van der Waals surface area (Å²) in [6.07, 6.45) is 1.39. The van der Waals surface area contributed by atoms with Crippen LogP contribution >= 0.6 is 15.9 Å². The average molecular weight is 248 g/mol. The second kappa shape index (κ2) is 4.98. The molecule has 5 nitrogen and oxygen atoms in total. The van der Waals surface area contributed by atoms with Gasteiger partial charge in [0.05, 0.1) is 6.61 Å². The summed E-state index contributed by atoms with van der Waals surface area (Å²) >= 11 is 3.28. The predicted molar refractivity (Wildman–Crippen MR) is 51.9 cm³/mol. The maximum absolute atomic E-state index is 8.55. The largest absolute Gasteiger partial charge is 0.474 e. The van der Waals surface area contributed by atoms with Gasteiger partial charge in [0.2, 0.25) is 5.88 Å². The van der Waals surface area contributed by atoms with Gasteiger partial charge in [0.25, 0.3) is 0 Å². The lowest BCUT2D eigenvalue weighted by atomic mass is 10.5. The van der Waals surface area contributed by atoms with E-state index in [1.807, 2.05) is 0 Å². The molecule has 6 heteroatoms. The van der Waals surface area contributed by atoms with Crippen LogP contribution in [0, 0.1) is 0 Å². The maximum Gasteiger partial charge on any atom is 0.233 e. The van der Waals surface area contributed by atoms with Crippen molar-refractivity contribution in [3.05, 3.63) is 10.8 Å². The van der Waals surface area contributed by atoms with E-state index in [0.29, 0.717) is 16.2 Å². The highest BCUT2D eigenvalue weighted by Crippen LogP contribution is 2.27. The Bertz CT molecular complexity index is 282. The van der Waals surface area contributed by atoms with Crippen molar-refractivity contribution in [3.63, 3.8) is 0 Å². The van der Waals surface area contributed by atoms with Gasteiger partial charge in [-0.05, 0) is 15.9 Å². The molecule has 0 spiro atoms. The van der Waals surface area contributed by atoms with Crippen LogP contribution in [0.15, 0.2) is 10.8 Å². The van der Waals surface area contributed by atoms with Gasteiger partial charge in [-0.15, -0.1) is 0 Å². The van der Waals surface area contributed by atoms with E-state index in [4.69, 9.17) is 9.84 Å². The highest BCUT2D eigenvalue weighted by Gasteiger charge is 2.07. The van der Waals surface area contributed by atoms with Gasteiger partial charge in [-0.2, -0.15) is 0 Å². The van der Waals surface area contributed by atoms with Crippen molar-refractivity contribution < 1.29 is 9.84 Å². The fraction of sp³-hybridized carbons (Fsp3) is 0.429. The zero-order valence-electron chi connectivity index (χ0n) is 7.12. The molecule has 13 heavy (non-hydrogen) atoms. The number of hydrogen-bond donors (Lipinski definition) is 2. The molecular formula is C7H10BrN3O2. The minimum absolute atomic E-state index is 0.0364. The molecule has 1 heterocycles. The van der Waals surface area contributed by atoms with Gasteiger partial charge in [0.1, 0.15) is 23.2 Å². The van der Waals surface area contributed by atoms with Crippen molar-refractivity contribution in [3.8, 4) is 5.88 Å². The van der Waals surface area contributed by atoms with Crippen molar-refractivity contribution in [2.24, 2.45) is 0 Å². The molecular weight excluding hydrogens is 238 g/mol. The van der Waals surface area contributed by atoms with Gasteiger partial charge < -0.3 is 15.2 Å². The number of halogens is 1. The smallest absolute Gasteiger partial charge is 0.233 e. The number of rotatable bonds is 4. The van der Waals surface area contributed by atoms with Crippen molar-refractivity contribution >= 4 is 21.7 Å². The first-order chi connectivity index (χ1) is 6.29. The third-order valence-electron chi connectivity index (χ3n) is 1.32. The molecule has 72 valence electrons. The number of anilines is 1. The summed E-state index contributed by atoms with van der Waals surface area (Å²) in [6, 6.07) is 0. The molecule has 2 N–H and O–H groups in total. The third-order valence-corrected chi connectivity index (χ3v) is 2.04. The predicted octanol–water partition coefficient (Wildman–Crippen LogP) is 0.652. The molecule has 0 aliphatic carbocycles. The fourth-order valence-electron chi connectivity index (χ4n) is 0.771. The van der Waals surface area contributed by atoms with Crippen molar-refractivity contribution in [2.45, 2.75) is 0 Å². The van der Waals surface area contributed by atoms with Gasteiger partial charge in [0, 0.05) is 7.05 Å². The Morgan fingerprint density at radius 2 is 2.38 bits per heavy atom. The summed E-state index contributed by atoms with van der Waals surface area (Å²) in [4.78, 5) is 7.85. The van der Waals surface area contributed by atoms with E-state index in [1.54, 1.807) is 7.05 Å². The van der Waals surface area contributed by atoms with E-state index >= 15 is 0 Å². The monoisotopic (exact) mass is 247 g/mol. The summed E-state index contributed by atoms with van der Waals surface area (Å²) < 4.78 is 5.80. The van der Waals surface area contributed by atoms with Crippen LogP contribution in [0.2, 0.25) is 0 Å². The van der Waals surface area contributed by atoms with Crippen molar-refractivity contribution in [1.82, 2.24) is 9.97 Å². The lowest BCUT2D eigenvalue weighted by Crippen LogP contribution is -2.05. The SMILES string of the molecule is CNc1ncnc(OCCO)c1Br. The highest BCUT2D eigenvalue weighted by molar-refractivity contribution is 9.10. The van der Waals surface area contributed by atoms with Gasteiger partial charge in [-0.1, -0.05) is 0 Å². The lowest BCUT2D eigenvalue weighted by molar-refractivity contribution is 0.195. The van der Waals surface area contributed by atoms with Crippen LogP contribution in [0.3, 0.4) is 0 Å². The normalized spacial score (nSPS) is 9.77. The first-order valence-corrected chi connectivity index (χ1v) is 4.50. The van der Waals surface area contributed by atoms with Crippen LogP contribution in [0.1, 0.15) is 0 Å². The average Bonchev–Trinajstić information content (AvgIpc) is 2.16. The van der Waals surface area contributed by atoms with Crippen LogP contribution in [0.4, 0.5) is 5.82 Å². The molecule has 0 aliphatic heterocycles. The van der Waals surface area contributed by atoms with Crippen molar-refractivity contribution in [2.75, 3.05) is 25.6 Å². The van der Waals surface area contributed by atoms with Gasteiger partial charge in [-0.3, -0.25) is 0 Å². The van der Waals surface area contributed by atoms with Gasteiger partial charge in [0.15, 0.2) is 0 Å². The van der Waals surface area contributed by atoms with Crippen LogP contribution in [-0.2, 0) is 0 Å². The molecule has 0 fully saturated rings. The molecule has 0 bridgehead atoms. The number of aliphatic hydroxyl groups is 1. The standard InChI is InChI=1S/C7H10BrN3O2/c1-9-6-5(8)7(11-4-10-6)13-3-2-12/h4,12H,2-3H2,1H3,(H,9,10,11). The fourth-order valence-corrected chi connectivity index (χ4v) is 1.29. The molecule has 0 radical (unpaired) electrons. The minimum atomic E-state index is -0.0364. The van der Waals surface area contributed by atoms with Crippen molar-refractivity contribution in [1.29, 1.82) is 0 Å². The summed E-state index contributed by atoms with van der Waals surface area (Å²) in [7, 11) is 1.75. The maximum atomic E-state index is 8.55. The van der Waals surface area contributed by atoms with Crippen LogP contribution in [0.25, 0.3) is 0 Å². The van der Waals surface area contributed by atoms with Crippen LogP contribution in [0.5, 0.6) is 5.88 Å². The lowest BCUT2D eigenvalue weighted by Gasteiger charge is -2.07. The number of ether oxygens (including phenoxy) is 1. The Morgan fingerprint density at radius 1 is 1.62 bits per heavy atom. The van der Waals surface area contributed by atoms with E-state index in [-0.39, 0.29) is 13.2 Å². The number of hydrogen-bond acceptors (Lipinski definition) is 5. The van der Waals surface area contributed by atoms with Crippen LogP contribution < -0.4 is 10.1 Å². The quantitative estimate of drug-likeness (QED) is 0.818. The molecule has 1 aromatic heterocycles. The van der Waals surface area contributed by atoms with E-state index in [1.165, 1.54) is 6.33 Å². The first kappa shape index (κ1) is 10.2. The Balaban J connectivity index is 2.81. The number of aliphatic hydroxyl groups excluding tert-OH is 1. The molecule has 0 amide bonds. The molecule has 0 atom stereocenters. The molecule has 0 saturated heterocycles. The first-order valence-electron chi connectivity index (χ1n) is 3.71. The Kier molecular flexibility index (Phi) is 3.91. The van der Waals surface area contributed by atoms with E-state index in [0.717, 1.165) is 0 Å². The summed E-state index contributed by atoms with van der Waals surface area (Å²) in [5, 5.41) is 11.4. The topological polar surface area (TPSA) is 67.3 Å². The third kappa shape index (κ3) is 2.53.